The fraction of sp³-hybridized carbons (Fsp3) is 1.00. The Morgan fingerprint density at radius 1 is 0.800 bits per heavy atom. The zero-order valence-corrected chi connectivity index (χ0v) is 13.5. The van der Waals surface area contributed by atoms with Crippen LogP contribution in [0.3, 0.4) is 0 Å². The van der Waals surface area contributed by atoms with Crippen molar-refractivity contribution < 1.29 is 29.5 Å². The second-order valence-electron chi connectivity index (χ2n) is 3.57. The van der Waals surface area contributed by atoms with Crippen molar-refractivity contribution in [2.75, 3.05) is 46.2 Å². The van der Waals surface area contributed by atoms with E-state index in [4.69, 9.17) is 24.8 Å². The maximum Gasteiger partial charge on any atom is 0.154 e. The van der Waals surface area contributed by atoms with Gasteiger partial charge < -0.3 is 29.5 Å². The molecule has 0 saturated heterocycles. The predicted molar refractivity (Wildman–Crippen MR) is 79.7 cm³/mol. The van der Waals surface area contributed by atoms with E-state index in [1.165, 1.54) is 0 Å². The van der Waals surface area contributed by atoms with Gasteiger partial charge in [0.15, 0.2) is 6.29 Å². The molecule has 20 heavy (non-hydrogen) atoms. The van der Waals surface area contributed by atoms with Gasteiger partial charge in [-0.05, 0) is 26.7 Å². The monoisotopic (exact) mass is 298 g/mol. The van der Waals surface area contributed by atoms with Gasteiger partial charge >= 0.3 is 0 Å². The standard InChI is InChI=1S/C6H14O2.C4H10O3.C4H10O/c1-3-5-8-6(7)4-2;5-1-3-7-4-2-6;1-3-5-4-2/h6-7H,3-5H2,1-2H3;5-6H,1-4H2;3-4H2,1-2H3. The molecule has 0 aromatic carbocycles. The van der Waals surface area contributed by atoms with Crippen LogP contribution in [0.5, 0.6) is 0 Å². The lowest BCUT2D eigenvalue weighted by Crippen LogP contribution is -2.10. The Labute approximate surface area is 123 Å². The average Bonchev–Trinajstić information content (AvgIpc) is 2.47. The normalized spacial score (nSPS) is 10.9. The Kier molecular flexibility index (Phi) is 33.6. The van der Waals surface area contributed by atoms with E-state index in [0.29, 0.717) is 26.2 Å². The van der Waals surface area contributed by atoms with Crippen molar-refractivity contribution in [2.45, 2.75) is 46.8 Å². The molecule has 126 valence electrons. The smallest absolute Gasteiger partial charge is 0.154 e. The summed E-state index contributed by atoms with van der Waals surface area (Å²) < 4.78 is 14.4. The Morgan fingerprint density at radius 3 is 1.55 bits per heavy atom. The summed E-state index contributed by atoms with van der Waals surface area (Å²) in [5, 5.41) is 24.9. The minimum Gasteiger partial charge on any atom is -0.394 e. The van der Waals surface area contributed by atoms with Gasteiger partial charge in [-0.1, -0.05) is 13.8 Å². The van der Waals surface area contributed by atoms with E-state index in [1.54, 1.807) is 0 Å². The summed E-state index contributed by atoms with van der Waals surface area (Å²) in [5.41, 5.74) is 0. The molecule has 0 rings (SSSR count). The highest BCUT2D eigenvalue weighted by Gasteiger charge is 1.95. The van der Waals surface area contributed by atoms with Crippen LogP contribution in [0.25, 0.3) is 0 Å². The highest BCUT2D eigenvalue weighted by molar-refractivity contribution is 4.32. The number of rotatable bonds is 10. The van der Waals surface area contributed by atoms with Gasteiger partial charge in [0.25, 0.3) is 0 Å². The SMILES string of the molecule is CCCOC(O)CC.CCOCC.OCCOCCO. The third kappa shape index (κ3) is 36.1. The summed E-state index contributed by atoms with van der Waals surface area (Å²) in [7, 11) is 0. The maximum absolute atomic E-state index is 8.77. The molecule has 0 aliphatic rings. The van der Waals surface area contributed by atoms with E-state index in [-0.39, 0.29) is 13.2 Å². The van der Waals surface area contributed by atoms with Crippen LogP contribution in [0.1, 0.15) is 40.5 Å². The second kappa shape index (κ2) is 27.2. The van der Waals surface area contributed by atoms with Crippen LogP contribution in [0, 0.1) is 0 Å². The van der Waals surface area contributed by atoms with Crippen molar-refractivity contribution in [2.24, 2.45) is 0 Å². The van der Waals surface area contributed by atoms with E-state index >= 15 is 0 Å². The third-order valence-corrected chi connectivity index (χ3v) is 1.74. The van der Waals surface area contributed by atoms with Gasteiger partial charge in [0.2, 0.25) is 0 Å². The summed E-state index contributed by atoms with van der Waals surface area (Å²) in [6.45, 7) is 10.9. The van der Waals surface area contributed by atoms with Gasteiger partial charge in [0, 0.05) is 19.8 Å². The zero-order chi connectivity index (χ0) is 16.1. The molecule has 0 amide bonds. The highest BCUT2D eigenvalue weighted by atomic mass is 16.6. The van der Waals surface area contributed by atoms with Crippen molar-refractivity contribution in [3.63, 3.8) is 0 Å². The molecule has 0 spiro atoms. The fourth-order valence-corrected chi connectivity index (χ4v) is 0.807. The number of aliphatic hydroxyl groups is 3. The molecule has 0 bridgehead atoms. The molecule has 0 radical (unpaired) electrons. The minimum absolute atomic E-state index is 0.0278. The highest BCUT2D eigenvalue weighted by Crippen LogP contribution is 1.92. The first kappa shape index (κ1) is 24.8. The molecule has 0 fully saturated rings. The molecule has 6 heteroatoms. The van der Waals surface area contributed by atoms with E-state index in [9.17, 15) is 0 Å². The Morgan fingerprint density at radius 2 is 1.30 bits per heavy atom. The summed E-state index contributed by atoms with van der Waals surface area (Å²) in [6.07, 6.45) is 1.10. The van der Waals surface area contributed by atoms with Crippen molar-refractivity contribution >= 4 is 0 Å². The predicted octanol–water partition coefficient (Wildman–Crippen LogP) is 1.17. The molecule has 0 aliphatic carbocycles. The molecule has 0 heterocycles. The summed E-state index contributed by atoms with van der Waals surface area (Å²) in [5.74, 6) is 0. The molecule has 3 N–H and O–H groups in total. The van der Waals surface area contributed by atoms with E-state index in [1.807, 2.05) is 27.7 Å². The van der Waals surface area contributed by atoms with Crippen LogP contribution in [0.4, 0.5) is 0 Å². The summed E-state index contributed by atoms with van der Waals surface area (Å²) >= 11 is 0. The lowest BCUT2D eigenvalue weighted by Gasteiger charge is -2.06. The number of hydrogen-bond donors (Lipinski definition) is 3. The number of aliphatic hydroxyl groups excluding tert-OH is 3. The lowest BCUT2D eigenvalue weighted by molar-refractivity contribution is -0.0996. The molecule has 1 unspecified atom stereocenters. The average molecular weight is 298 g/mol. The lowest BCUT2D eigenvalue weighted by atomic mass is 10.5. The fourth-order valence-electron chi connectivity index (χ4n) is 0.807. The summed E-state index contributed by atoms with van der Waals surface area (Å²) in [4.78, 5) is 0. The first-order valence-corrected chi connectivity index (χ1v) is 7.31. The van der Waals surface area contributed by atoms with E-state index in [0.717, 1.165) is 19.6 Å². The first-order chi connectivity index (χ1) is 9.64. The first-order valence-electron chi connectivity index (χ1n) is 7.31. The molecular weight excluding hydrogens is 264 g/mol. The van der Waals surface area contributed by atoms with Crippen LogP contribution in [0.2, 0.25) is 0 Å². The molecule has 6 nitrogen and oxygen atoms in total. The number of hydrogen-bond acceptors (Lipinski definition) is 6. The van der Waals surface area contributed by atoms with E-state index < -0.39 is 6.29 Å². The van der Waals surface area contributed by atoms with Gasteiger partial charge in [-0.2, -0.15) is 0 Å². The third-order valence-electron chi connectivity index (χ3n) is 1.74. The Hall–Kier alpha value is -0.240. The molecule has 0 aromatic rings. The van der Waals surface area contributed by atoms with Crippen molar-refractivity contribution in [1.29, 1.82) is 0 Å². The second-order valence-corrected chi connectivity index (χ2v) is 3.57. The van der Waals surface area contributed by atoms with Gasteiger partial charge in [-0.15, -0.1) is 0 Å². The molecule has 0 saturated carbocycles. The molecular formula is C14H34O6. The van der Waals surface area contributed by atoms with Crippen LogP contribution in [-0.2, 0) is 14.2 Å². The topological polar surface area (TPSA) is 88.4 Å². The van der Waals surface area contributed by atoms with Crippen LogP contribution >= 0.6 is 0 Å². The van der Waals surface area contributed by atoms with Gasteiger partial charge in [0.1, 0.15) is 0 Å². The van der Waals surface area contributed by atoms with Crippen molar-refractivity contribution in [1.82, 2.24) is 0 Å². The van der Waals surface area contributed by atoms with Crippen molar-refractivity contribution in [3.05, 3.63) is 0 Å². The number of ether oxygens (including phenoxy) is 3. The Bertz CT molecular complexity index is 129. The van der Waals surface area contributed by atoms with Gasteiger partial charge in [-0.3, -0.25) is 0 Å². The van der Waals surface area contributed by atoms with Crippen LogP contribution in [-0.4, -0.2) is 67.9 Å². The largest absolute Gasteiger partial charge is 0.394 e. The van der Waals surface area contributed by atoms with Crippen molar-refractivity contribution in [3.8, 4) is 0 Å². The Balaban J connectivity index is -0.000000223. The summed E-state index contributed by atoms with van der Waals surface area (Å²) in [6, 6.07) is 0. The quantitative estimate of drug-likeness (QED) is 0.414. The van der Waals surface area contributed by atoms with Crippen LogP contribution < -0.4 is 0 Å². The molecule has 0 aromatic heterocycles. The van der Waals surface area contributed by atoms with Gasteiger partial charge in [-0.25, -0.2) is 0 Å². The maximum atomic E-state index is 8.77. The zero-order valence-electron chi connectivity index (χ0n) is 13.5. The molecule has 0 aliphatic heterocycles. The minimum atomic E-state index is -0.546. The van der Waals surface area contributed by atoms with Gasteiger partial charge in [0.05, 0.1) is 26.4 Å². The molecule has 1 atom stereocenters. The van der Waals surface area contributed by atoms with Crippen LogP contribution in [0.15, 0.2) is 0 Å². The van der Waals surface area contributed by atoms with E-state index in [2.05, 4.69) is 4.74 Å².